The van der Waals surface area contributed by atoms with Gasteiger partial charge in [-0.05, 0) is 54.3 Å². The van der Waals surface area contributed by atoms with Gasteiger partial charge in [0.25, 0.3) is 5.91 Å². The third-order valence-electron chi connectivity index (χ3n) is 5.55. The first-order valence-electron chi connectivity index (χ1n) is 10.8. The van der Waals surface area contributed by atoms with E-state index in [1.807, 2.05) is 42.5 Å². The van der Waals surface area contributed by atoms with Crippen LogP contribution in [-0.2, 0) is 17.8 Å². The number of nitrogens with zero attached hydrogens (tertiary/aromatic N) is 1. The first kappa shape index (κ1) is 21.6. The van der Waals surface area contributed by atoms with Crippen molar-refractivity contribution in [3.63, 3.8) is 0 Å². The van der Waals surface area contributed by atoms with Gasteiger partial charge in [-0.3, -0.25) is 9.59 Å². The maximum absolute atomic E-state index is 13.1. The lowest BCUT2D eigenvalue weighted by atomic mass is 10.1. The molecule has 0 aromatic heterocycles. The Kier molecular flexibility index (Phi) is 6.80. The molecule has 32 heavy (non-hydrogen) atoms. The summed E-state index contributed by atoms with van der Waals surface area (Å²) in [7, 11) is 0. The van der Waals surface area contributed by atoms with E-state index in [9.17, 15) is 14.0 Å². The number of carbonyl (C=O) groups is 2. The zero-order valence-electron chi connectivity index (χ0n) is 17.8. The molecule has 2 N–H and O–H groups in total. The smallest absolute Gasteiger partial charge is 0.253 e. The quantitative estimate of drug-likeness (QED) is 0.578. The highest BCUT2D eigenvalue weighted by molar-refractivity contribution is 6.02. The number of anilines is 2. The van der Waals surface area contributed by atoms with Crippen LogP contribution < -0.4 is 15.5 Å². The number of benzene rings is 3. The Morgan fingerprint density at radius 2 is 1.59 bits per heavy atom. The zero-order valence-corrected chi connectivity index (χ0v) is 17.8. The molecule has 1 saturated heterocycles. The lowest BCUT2D eigenvalue weighted by Crippen LogP contribution is -2.27. The van der Waals surface area contributed by atoms with Crippen LogP contribution in [0.25, 0.3) is 0 Å². The standard InChI is InChI=1S/C26H26FN3O2/c27-21-10-8-20(9-11-21)18-28-26(32)23-17-22(12-13-24(23)30-14-4-5-15-30)29-25(31)16-19-6-2-1-3-7-19/h1-3,6-13,17H,4-5,14-16,18H2,(H,28,32)(H,29,31). The summed E-state index contributed by atoms with van der Waals surface area (Å²) in [6, 6.07) is 21.0. The molecule has 4 rings (SSSR count). The van der Waals surface area contributed by atoms with E-state index >= 15 is 0 Å². The van der Waals surface area contributed by atoms with Crippen LogP contribution in [0.3, 0.4) is 0 Å². The van der Waals surface area contributed by atoms with Crippen LogP contribution in [-0.4, -0.2) is 24.9 Å². The van der Waals surface area contributed by atoms with Gasteiger partial charge in [0.1, 0.15) is 5.82 Å². The molecule has 6 heteroatoms. The predicted molar refractivity (Wildman–Crippen MR) is 124 cm³/mol. The van der Waals surface area contributed by atoms with Gasteiger partial charge in [-0.25, -0.2) is 4.39 Å². The van der Waals surface area contributed by atoms with Gasteiger partial charge in [0.2, 0.25) is 5.91 Å². The molecule has 1 heterocycles. The maximum atomic E-state index is 13.1. The lowest BCUT2D eigenvalue weighted by Gasteiger charge is -2.22. The van der Waals surface area contributed by atoms with Crippen LogP contribution >= 0.6 is 0 Å². The van der Waals surface area contributed by atoms with Crippen molar-refractivity contribution in [1.82, 2.24) is 5.32 Å². The second-order valence-corrected chi connectivity index (χ2v) is 7.95. The first-order valence-corrected chi connectivity index (χ1v) is 10.8. The molecule has 0 radical (unpaired) electrons. The molecule has 164 valence electrons. The van der Waals surface area contributed by atoms with Gasteiger partial charge in [0.05, 0.1) is 12.0 Å². The van der Waals surface area contributed by atoms with Crippen LogP contribution in [0.4, 0.5) is 15.8 Å². The SMILES string of the molecule is O=C(Cc1ccccc1)Nc1ccc(N2CCCC2)c(C(=O)NCc2ccc(F)cc2)c1. The van der Waals surface area contributed by atoms with Crippen molar-refractivity contribution in [2.45, 2.75) is 25.8 Å². The monoisotopic (exact) mass is 431 g/mol. The minimum absolute atomic E-state index is 0.136. The van der Waals surface area contributed by atoms with Crippen LogP contribution in [0.15, 0.2) is 72.8 Å². The zero-order chi connectivity index (χ0) is 22.3. The van der Waals surface area contributed by atoms with Crippen LogP contribution in [0, 0.1) is 5.82 Å². The van der Waals surface area contributed by atoms with Crippen LogP contribution in [0.1, 0.15) is 34.3 Å². The number of nitrogens with one attached hydrogen (secondary N) is 2. The number of amides is 2. The molecule has 5 nitrogen and oxygen atoms in total. The fourth-order valence-corrected chi connectivity index (χ4v) is 3.90. The molecule has 1 fully saturated rings. The van der Waals surface area contributed by atoms with Crippen molar-refractivity contribution in [3.05, 3.63) is 95.3 Å². The molecule has 1 aliphatic rings. The Labute approximate surface area is 187 Å². The Bertz CT molecular complexity index is 1080. The molecular formula is C26H26FN3O2. The average molecular weight is 432 g/mol. The van der Waals surface area contributed by atoms with E-state index in [-0.39, 0.29) is 24.1 Å². The van der Waals surface area contributed by atoms with Gasteiger partial charge in [-0.2, -0.15) is 0 Å². The summed E-state index contributed by atoms with van der Waals surface area (Å²) in [4.78, 5) is 27.8. The molecule has 3 aromatic carbocycles. The Hall–Kier alpha value is -3.67. The van der Waals surface area contributed by atoms with E-state index in [4.69, 9.17) is 0 Å². The van der Waals surface area contributed by atoms with E-state index in [0.29, 0.717) is 17.8 Å². The van der Waals surface area contributed by atoms with Gasteiger partial charge in [-0.15, -0.1) is 0 Å². The van der Waals surface area contributed by atoms with E-state index in [1.165, 1.54) is 12.1 Å². The normalized spacial score (nSPS) is 13.1. The predicted octanol–water partition coefficient (Wildman–Crippen LogP) is 4.54. The highest BCUT2D eigenvalue weighted by atomic mass is 19.1. The molecule has 0 unspecified atom stereocenters. The van der Waals surface area contributed by atoms with Gasteiger partial charge in [0.15, 0.2) is 0 Å². The molecule has 2 amide bonds. The van der Waals surface area contributed by atoms with Crippen LogP contribution in [0.2, 0.25) is 0 Å². The second kappa shape index (κ2) is 10.1. The maximum Gasteiger partial charge on any atom is 0.253 e. The summed E-state index contributed by atoms with van der Waals surface area (Å²) in [5, 5.41) is 5.82. The fourth-order valence-electron chi connectivity index (χ4n) is 3.90. The van der Waals surface area contributed by atoms with E-state index in [0.717, 1.165) is 42.7 Å². The number of hydrogen-bond acceptors (Lipinski definition) is 3. The third-order valence-corrected chi connectivity index (χ3v) is 5.55. The van der Waals surface area contributed by atoms with Crippen molar-refractivity contribution in [3.8, 4) is 0 Å². The number of rotatable bonds is 7. The van der Waals surface area contributed by atoms with Crippen LogP contribution in [0.5, 0.6) is 0 Å². The van der Waals surface area contributed by atoms with Gasteiger partial charge < -0.3 is 15.5 Å². The van der Waals surface area contributed by atoms with E-state index in [1.54, 1.807) is 18.2 Å². The largest absolute Gasteiger partial charge is 0.371 e. The summed E-state index contributed by atoms with van der Waals surface area (Å²) in [5.74, 6) is -0.673. The van der Waals surface area contributed by atoms with Crippen molar-refractivity contribution in [2.24, 2.45) is 0 Å². The molecule has 0 bridgehead atoms. The third kappa shape index (κ3) is 5.52. The molecule has 3 aromatic rings. The highest BCUT2D eigenvalue weighted by Crippen LogP contribution is 2.28. The Balaban J connectivity index is 1.50. The summed E-state index contributed by atoms with van der Waals surface area (Å²) < 4.78 is 13.1. The van der Waals surface area contributed by atoms with Crippen molar-refractivity contribution >= 4 is 23.2 Å². The Morgan fingerprint density at radius 3 is 2.31 bits per heavy atom. The second-order valence-electron chi connectivity index (χ2n) is 7.95. The number of hydrogen-bond donors (Lipinski definition) is 2. The molecule has 0 atom stereocenters. The minimum atomic E-state index is -0.310. The molecule has 0 saturated carbocycles. The van der Waals surface area contributed by atoms with Gasteiger partial charge >= 0.3 is 0 Å². The average Bonchev–Trinajstić information content (AvgIpc) is 3.34. The molecular weight excluding hydrogens is 405 g/mol. The van der Waals surface area contributed by atoms with Gasteiger partial charge in [0, 0.05) is 31.0 Å². The summed E-state index contributed by atoms with van der Waals surface area (Å²) in [6.45, 7) is 2.10. The number of halogens is 1. The lowest BCUT2D eigenvalue weighted by molar-refractivity contribution is -0.115. The van der Waals surface area contributed by atoms with Crippen molar-refractivity contribution in [1.29, 1.82) is 0 Å². The van der Waals surface area contributed by atoms with Crippen molar-refractivity contribution in [2.75, 3.05) is 23.3 Å². The molecule has 0 spiro atoms. The van der Waals surface area contributed by atoms with Crippen molar-refractivity contribution < 1.29 is 14.0 Å². The van der Waals surface area contributed by atoms with E-state index < -0.39 is 0 Å². The molecule has 0 aliphatic carbocycles. The first-order chi connectivity index (χ1) is 15.6. The molecule has 1 aliphatic heterocycles. The van der Waals surface area contributed by atoms with Gasteiger partial charge in [-0.1, -0.05) is 42.5 Å². The van der Waals surface area contributed by atoms with E-state index in [2.05, 4.69) is 15.5 Å². The summed E-state index contributed by atoms with van der Waals surface area (Å²) in [6.07, 6.45) is 2.44. The number of carbonyl (C=O) groups excluding carboxylic acids is 2. The topological polar surface area (TPSA) is 61.4 Å². The summed E-state index contributed by atoms with van der Waals surface area (Å²) >= 11 is 0. The highest BCUT2D eigenvalue weighted by Gasteiger charge is 2.20. The Morgan fingerprint density at radius 1 is 0.875 bits per heavy atom. The minimum Gasteiger partial charge on any atom is -0.371 e. The summed E-state index contributed by atoms with van der Waals surface area (Å²) in [5.41, 5.74) is 3.71. The fraction of sp³-hybridized carbons (Fsp3) is 0.231.